The SMILES string of the molecule is CC(C)(C)C(=O)COC(=O)c1ccc2c(c1)C(=O)N(c1cccc(Cl)c1Cl)C2=O. The van der Waals surface area contributed by atoms with Crippen molar-refractivity contribution in [2.45, 2.75) is 20.8 Å². The normalized spacial score (nSPS) is 13.5. The lowest BCUT2D eigenvalue weighted by atomic mass is 9.91. The zero-order valence-electron chi connectivity index (χ0n) is 15.9. The number of carbonyl (C=O) groups excluding carboxylic acids is 4. The third kappa shape index (κ3) is 3.91. The van der Waals surface area contributed by atoms with Crippen LogP contribution in [0.3, 0.4) is 0 Å². The Labute approximate surface area is 177 Å². The number of hydrogen-bond acceptors (Lipinski definition) is 5. The average molecular weight is 434 g/mol. The van der Waals surface area contributed by atoms with E-state index in [9.17, 15) is 19.2 Å². The summed E-state index contributed by atoms with van der Waals surface area (Å²) in [5.41, 5.74) is -0.246. The second-order valence-corrected chi connectivity index (χ2v) is 8.31. The second-order valence-electron chi connectivity index (χ2n) is 7.53. The maximum Gasteiger partial charge on any atom is 0.338 e. The second kappa shape index (κ2) is 7.61. The van der Waals surface area contributed by atoms with Crippen molar-refractivity contribution >= 4 is 52.5 Å². The molecule has 6 nitrogen and oxygen atoms in total. The number of nitrogens with zero attached hydrogens (tertiary/aromatic N) is 1. The van der Waals surface area contributed by atoms with Crippen LogP contribution in [0.15, 0.2) is 36.4 Å². The molecule has 0 aliphatic carbocycles. The van der Waals surface area contributed by atoms with Gasteiger partial charge in [0.2, 0.25) is 0 Å². The summed E-state index contributed by atoms with van der Waals surface area (Å²) in [7, 11) is 0. The minimum absolute atomic E-state index is 0.0441. The highest BCUT2D eigenvalue weighted by molar-refractivity contribution is 6.46. The Balaban J connectivity index is 1.87. The monoisotopic (exact) mass is 433 g/mol. The third-order valence-electron chi connectivity index (χ3n) is 4.47. The van der Waals surface area contributed by atoms with Gasteiger partial charge in [0.1, 0.15) is 0 Å². The Morgan fingerprint density at radius 2 is 1.66 bits per heavy atom. The highest BCUT2D eigenvalue weighted by Crippen LogP contribution is 2.37. The number of rotatable bonds is 4. The van der Waals surface area contributed by atoms with E-state index in [-0.39, 0.29) is 44.8 Å². The molecule has 3 rings (SSSR count). The van der Waals surface area contributed by atoms with Crippen LogP contribution < -0.4 is 4.90 Å². The summed E-state index contributed by atoms with van der Waals surface area (Å²) in [5.74, 6) is -2.20. The maximum absolute atomic E-state index is 12.8. The van der Waals surface area contributed by atoms with Gasteiger partial charge in [-0.3, -0.25) is 14.4 Å². The van der Waals surface area contributed by atoms with Crippen LogP contribution in [-0.2, 0) is 9.53 Å². The number of ketones is 1. The highest BCUT2D eigenvalue weighted by Gasteiger charge is 2.38. The number of ether oxygens (including phenoxy) is 1. The van der Waals surface area contributed by atoms with Crippen molar-refractivity contribution in [3.05, 3.63) is 63.1 Å². The zero-order chi connectivity index (χ0) is 21.5. The van der Waals surface area contributed by atoms with Crippen LogP contribution in [-0.4, -0.2) is 30.2 Å². The molecular formula is C21H17Cl2NO5. The lowest BCUT2D eigenvalue weighted by Crippen LogP contribution is -2.29. The van der Waals surface area contributed by atoms with E-state index in [1.54, 1.807) is 32.9 Å². The highest BCUT2D eigenvalue weighted by atomic mass is 35.5. The number of carbonyl (C=O) groups is 4. The molecule has 0 fully saturated rings. The van der Waals surface area contributed by atoms with Gasteiger partial charge >= 0.3 is 5.97 Å². The molecule has 1 aliphatic heterocycles. The van der Waals surface area contributed by atoms with Crippen LogP contribution in [0.4, 0.5) is 5.69 Å². The van der Waals surface area contributed by atoms with E-state index in [1.165, 1.54) is 24.3 Å². The van der Waals surface area contributed by atoms with E-state index in [2.05, 4.69) is 0 Å². The Hall–Kier alpha value is -2.70. The van der Waals surface area contributed by atoms with Crippen LogP contribution in [0.2, 0.25) is 10.0 Å². The molecule has 0 radical (unpaired) electrons. The van der Waals surface area contributed by atoms with Gasteiger partial charge in [0.15, 0.2) is 12.4 Å². The minimum Gasteiger partial charge on any atom is -0.454 e. The predicted molar refractivity (Wildman–Crippen MR) is 109 cm³/mol. The number of halogens is 2. The molecule has 1 aliphatic rings. The van der Waals surface area contributed by atoms with Gasteiger partial charge in [-0.2, -0.15) is 0 Å². The van der Waals surface area contributed by atoms with Gasteiger partial charge in [0, 0.05) is 5.41 Å². The molecule has 0 saturated carbocycles. The predicted octanol–water partition coefficient (Wildman–Crippen LogP) is 4.57. The quantitative estimate of drug-likeness (QED) is 0.521. The molecule has 0 N–H and O–H groups in total. The maximum atomic E-state index is 12.8. The fourth-order valence-corrected chi connectivity index (χ4v) is 3.06. The van der Waals surface area contributed by atoms with Crippen LogP contribution in [0.5, 0.6) is 0 Å². The van der Waals surface area contributed by atoms with Crippen molar-refractivity contribution in [3.63, 3.8) is 0 Å². The molecule has 0 saturated heterocycles. The van der Waals surface area contributed by atoms with Gasteiger partial charge in [-0.25, -0.2) is 9.69 Å². The molecule has 29 heavy (non-hydrogen) atoms. The number of anilines is 1. The number of imide groups is 1. The molecule has 1 heterocycles. The summed E-state index contributed by atoms with van der Waals surface area (Å²) in [5, 5.41) is 0.275. The molecule has 2 amide bonds. The van der Waals surface area contributed by atoms with E-state index in [1.807, 2.05) is 0 Å². The zero-order valence-corrected chi connectivity index (χ0v) is 17.4. The third-order valence-corrected chi connectivity index (χ3v) is 5.27. The number of fused-ring (bicyclic) bond motifs is 1. The van der Waals surface area contributed by atoms with Gasteiger partial charge in [0.05, 0.1) is 32.4 Å². The summed E-state index contributed by atoms with van der Waals surface area (Å²) in [6.45, 7) is 4.78. The van der Waals surface area contributed by atoms with Gasteiger partial charge in [-0.1, -0.05) is 50.0 Å². The molecule has 2 aromatic rings. The van der Waals surface area contributed by atoms with E-state index in [4.69, 9.17) is 27.9 Å². The van der Waals surface area contributed by atoms with Gasteiger partial charge in [0.25, 0.3) is 11.8 Å². The summed E-state index contributed by atoms with van der Waals surface area (Å²) in [4.78, 5) is 50.7. The van der Waals surface area contributed by atoms with Crippen molar-refractivity contribution in [2.75, 3.05) is 11.5 Å². The Morgan fingerprint density at radius 3 is 2.31 bits per heavy atom. The minimum atomic E-state index is -0.759. The lowest BCUT2D eigenvalue weighted by molar-refractivity contribution is -0.129. The molecular weight excluding hydrogens is 417 g/mol. The first-order valence-electron chi connectivity index (χ1n) is 8.69. The van der Waals surface area contributed by atoms with E-state index in [0.717, 1.165) is 4.90 Å². The fraction of sp³-hybridized carbons (Fsp3) is 0.238. The number of benzene rings is 2. The molecule has 0 bridgehead atoms. The summed E-state index contributed by atoms with van der Waals surface area (Å²) >= 11 is 12.1. The first kappa shape index (κ1) is 21.0. The molecule has 0 unspecified atom stereocenters. The molecule has 2 aromatic carbocycles. The van der Waals surface area contributed by atoms with Crippen LogP contribution in [0, 0.1) is 5.41 Å². The topological polar surface area (TPSA) is 80.8 Å². The summed E-state index contributed by atoms with van der Waals surface area (Å²) in [6, 6.07) is 8.63. The van der Waals surface area contributed by atoms with Crippen LogP contribution in [0.1, 0.15) is 51.8 Å². The molecule has 8 heteroatoms. The van der Waals surface area contributed by atoms with E-state index < -0.39 is 23.2 Å². The fourth-order valence-electron chi connectivity index (χ4n) is 2.68. The lowest BCUT2D eigenvalue weighted by Gasteiger charge is -2.16. The Kier molecular flexibility index (Phi) is 5.52. The number of esters is 1. The van der Waals surface area contributed by atoms with E-state index in [0.29, 0.717) is 0 Å². The summed E-state index contributed by atoms with van der Waals surface area (Å²) < 4.78 is 5.05. The van der Waals surface area contributed by atoms with Crippen LogP contribution >= 0.6 is 23.2 Å². The summed E-state index contributed by atoms with van der Waals surface area (Å²) in [6.07, 6.45) is 0. The van der Waals surface area contributed by atoms with Crippen molar-refractivity contribution in [1.82, 2.24) is 0 Å². The Morgan fingerprint density at radius 1 is 1.00 bits per heavy atom. The van der Waals surface area contributed by atoms with Crippen molar-refractivity contribution in [1.29, 1.82) is 0 Å². The van der Waals surface area contributed by atoms with Crippen molar-refractivity contribution in [3.8, 4) is 0 Å². The Bertz CT molecular complexity index is 1060. The number of Topliss-reactive ketones (excluding diaryl/α,β-unsaturated/α-hetero) is 1. The van der Waals surface area contributed by atoms with E-state index >= 15 is 0 Å². The van der Waals surface area contributed by atoms with Gasteiger partial charge in [-0.15, -0.1) is 0 Å². The van der Waals surface area contributed by atoms with Crippen LogP contribution in [0.25, 0.3) is 0 Å². The van der Waals surface area contributed by atoms with Gasteiger partial charge < -0.3 is 4.74 Å². The number of hydrogen-bond donors (Lipinski definition) is 0. The first-order chi connectivity index (χ1) is 13.5. The largest absolute Gasteiger partial charge is 0.454 e. The standard InChI is InChI=1S/C21H17Cl2NO5/c1-21(2,3)16(25)10-29-20(28)11-7-8-12-13(9-11)19(27)24(18(12)26)15-6-4-5-14(22)17(15)23/h4-9H,10H2,1-3H3. The number of amides is 2. The first-order valence-corrected chi connectivity index (χ1v) is 9.45. The smallest absolute Gasteiger partial charge is 0.338 e. The molecule has 150 valence electrons. The van der Waals surface area contributed by atoms with Gasteiger partial charge in [-0.05, 0) is 30.3 Å². The van der Waals surface area contributed by atoms with Crippen molar-refractivity contribution in [2.24, 2.45) is 5.41 Å². The molecule has 0 aromatic heterocycles. The molecule has 0 spiro atoms. The van der Waals surface area contributed by atoms with Crippen molar-refractivity contribution < 1.29 is 23.9 Å². The molecule has 0 atom stereocenters. The average Bonchev–Trinajstić information content (AvgIpc) is 2.91.